The maximum absolute atomic E-state index is 12.7. The van der Waals surface area contributed by atoms with Crippen molar-refractivity contribution in [2.45, 2.75) is 38.7 Å². The number of rotatable bonds is 4. The lowest BCUT2D eigenvalue weighted by Gasteiger charge is -2.32. The number of carboxylic acid groups (broad SMARTS) is 1. The Morgan fingerprint density at radius 3 is 2.64 bits per heavy atom. The molecule has 1 fully saturated rings. The molecule has 0 bridgehead atoms. The summed E-state index contributed by atoms with van der Waals surface area (Å²) in [6, 6.07) is 4.49. The number of nitro groups is 1. The largest absolute Gasteiger partial charge is 0.481 e. The molecular weight excluding hydrogens is 328 g/mol. The molecule has 136 valence electrons. The number of carbonyl (C=O) groups excluding carboxylic acids is 1. The normalized spacial score (nSPS) is 18.0. The summed E-state index contributed by atoms with van der Waals surface area (Å²) >= 11 is 0. The van der Waals surface area contributed by atoms with Crippen molar-refractivity contribution in [1.82, 2.24) is 4.90 Å². The number of nitro benzene ring substituents is 1. The van der Waals surface area contributed by atoms with Gasteiger partial charge in [-0.2, -0.15) is 0 Å². The number of carbonyl (C=O) groups is 2. The fourth-order valence-corrected chi connectivity index (χ4v) is 2.85. The molecule has 1 aromatic carbocycles. The first kappa shape index (κ1) is 18.9. The van der Waals surface area contributed by atoms with Crippen LogP contribution in [0.3, 0.4) is 0 Å². The molecule has 0 saturated carbocycles. The Morgan fingerprint density at radius 1 is 1.40 bits per heavy atom. The molecule has 0 aliphatic carbocycles. The third-order valence-corrected chi connectivity index (χ3v) is 4.08. The number of aliphatic carboxylic acids is 1. The van der Waals surface area contributed by atoms with E-state index in [1.165, 1.54) is 11.0 Å². The number of hydrogen-bond acceptors (Lipinski definition) is 5. The number of carboxylic acids is 1. The minimum Gasteiger partial charge on any atom is -0.481 e. The average Bonchev–Trinajstić information content (AvgIpc) is 2.52. The van der Waals surface area contributed by atoms with E-state index in [9.17, 15) is 19.7 Å². The molecule has 1 aromatic rings. The maximum Gasteiger partial charge on any atom is 0.306 e. The van der Waals surface area contributed by atoms with Gasteiger partial charge in [0.1, 0.15) is 0 Å². The van der Waals surface area contributed by atoms with Crippen molar-refractivity contribution >= 4 is 17.6 Å². The Bertz CT molecular complexity index is 695. The molecule has 1 heterocycles. The molecule has 1 unspecified atom stereocenters. The van der Waals surface area contributed by atoms with Crippen LogP contribution >= 0.6 is 0 Å². The molecule has 1 aliphatic rings. The Morgan fingerprint density at radius 2 is 2.08 bits per heavy atom. The lowest BCUT2D eigenvalue weighted by atomic mass is 9.85. The van der Waals surface area contributed by atoms with E-state index in [0.29, 0.717) is 12.1 Å². The number of hydrogen-bond donors (Lipinski definition) is 1. The molecule has 0 aromatic heterocycles. The van der Waals surface area contributed by atoms with Crippen molar-refractivity contribution in [1.29, 1.82) is 0 Å². The molecule has 2 rings (SSSR count). The first-order valence-corrected chi connectivity index (χ1v) is 8.01. The molecule has 1 amide bonds. The zero-order chi connectivity index (χ0) is 18.8. The highest BCUT2D eigenvalue weighted by Crippen LogP contribution is 2.32. The molecule has 25 heavy (non-hydrogen) atoms. The van der Waals surface area contributed by atoms with Crippen LogP contribution in [-0.2, 0) is 14.9 Å². The molecule has 8 nitrogen and oxygen atoms in total. The van der Waals surface area contributed by atoms with Gasteiger partial charge in [0.2, 0.25) is 0 Å². The quantitative estimate of drug-likeness (QED) is 0.658. The topological polar surface area (TPSA) is 110 Å². The smallest absolute Gasteiger partial charge is 0.306 e. The Hall–Kier alpha value is -2.48. The van der Waals surface area contributed by atoms with Gasteiger partial charge in [0, 0.05) is 30.3 Å². The van der Waals surface area contributed by atoms with Crippen LogP contribution in [0.15, 0.2) is 18.2 Å². The van der Waals surface area contributed by atoms with Crippen molar-refractivity contribution in [3.8, 4) is 0 Å². The molecule has 0 spiro atoms. The van der Waals surface area contributed by atoms with Gasteiger partial charge < -0.3 is 14.7 Å². The van der Waals surface area contributed by atoms with Crippen molar-refractivity contribution in [2.75, 3.05) is 19.7 Å². The Labute approximate surface area is 145 Å². The summed E-state index contributed by atoms with van der Waals surface area (Å²) in [5.74, 6) is -1.35. The van der Waals surface area contributed by atoms with Gasteiger partial charge in [0.05, 0.1) is 24.1 Å². The van der Waals surface area contributed by atoms with Gasteiger partial charge in [-0.1, -0.05) is 26.8 Å². The minimum absolute atomic E-state index is 0.0892. The highest BCUT2D eigenvalue weighted by atomic mass is 16.6. The summed E-state index contributed by atoms with van der Waals surface area (Å²) < 4.78 is 5.35. The molecule has 1 atom stereocenters. The molecule has 0 radical (unpaired) electrons. The third-order valence-electron chi connectivity index (χ3n) is 4.08. The fraction of sp³-hybridized carbons (Fsp3) is 0.529. The minimum atomic E-state index is -0.996. The van der Waals surface area contributed by atoms with E-state index in [0.717, 1.165) is 0 Å². The SMILES string of the molecule is CC(C)(C)c1ccc(C(=O)N2CCOC(CC(=O)O)C2)cc1[N+](=O)[O-]. The standard InChI is InChI=1S/C17H22N2O6/c1-17(2,3)13-5-4-11(8-14(13)19(23)24)16(22)18-6-7-25-12(10-18)9-15(20)21/h4-5,8,12H,6-7,9-10H2,1-3H3,(H,20,21). The predicted molar refractivity (Wildman–Crippen MR) is 89.7 cm³/mol. The van der Waals surface area contributed by atoms with Crippen LogP contribution in [-0.4, -0.2) is 52.6 Å². The number of amides is 1. The molecule has 1 aliphatic heterocycles. The van der Waals surface area contributed by atoms with Crippen LogP contribution in [0.1, 0.15) is 43.1 Å². The predicted octanol–water partition coefficient (Wildman–Crippen LogP) is 2.21. The van der Waals surface area contributed by atoms with E-state index in [4.69, 9.17) is 9.84 Å². The van der Waals surface area contributed by atoms with E-state index >= 15 is 0 Å². The Balaban J connectivity index is 2.26. The van der Waals surface area contributed by atoms with Crippen molar-refractivity contribution < 1.29 is 24.4 Å². The fourth-order valence-electron chi connectivity index (χ4n) is 2.85. The molecule has 1 saturated heterocycles. The lowest BCUT2D eigenvalue weighted by Crippen LogP contribution is -2.46. The zero-order valence-electron chi connectivity index (χ0n) is 14.5. The van der Waals surface area contributed by atoms with E-state index in [1.54, 1.807) is 12.1 Å². The molecule has 1 N–H and O–H groups in total. The van der Waals surface area contributed by atoms with Crippen LogP contribution in [0.2, 0.25) is 0 Å². The highest BCUT2D eigenvalue weighted by Gasteiger charge is 2.30. The van der Waals surface area contributed by atoms with E-state index in [-0.39, 0.29) is 36.7 Å². The summed E-state index contributed by atoms with van der Waals surface area (Å²) in [4.78, 5) is 35.9. The first-order chi connectivity index (χ1) is 11.6. The van der Waals surface area contributed by atoms with E-state index in [2.05, 4.69) is 0 Å². The summed E-state index contributed by atoms with van der Waals surface area (Å²) in [6.07, 6.45) is -0.758. The second-order valence-electron chi connectivity index (χ2n) is 7.08. The molecule has 8 heteroatoms. The first-order valence-electron chi connectivity index (χ1n) is 8.01. The second-order valence-corrected chi connectivity index (χ2v) is 7.08. The van der Waals surface area contributed by atoms with Crippen LogP contribution in [0, 0.1) is 10.1 Å². The average molecular weight is 350 g/mol. The maximum atomic E-state index is 12.7. The number of nitrogens with zero attached hydrogens (tertiary/aromatic N) is 2. The summed E-state index contributed by atoms with van der Waals surface area (Å²) in [5.41, 5.74) is 0.263. The lowest BCUT2D eigenvalue weighted by molar-refractivity contribution is -0.386. The van der Waals surface area contributed by atoms with Crippen molar-refractivity contribution in [2.24, 2.45) is 0 Å². The van der Waals surface area contributed by atoms with E-state index < -0.39 is 22.4 Å². The number of benzene rings is 1. The van der Waals surface area contributed by atoms with Gasteiger partial charge in [-0.15, -0.1) is 0 Å². The van der Waals surface area contributed by atoms with Gasteiger partial charge in [-0.05, 0) is 11.5 Å². The zero-order valence-corrected chi connectivity index (χ0v) is 14.5. The summed E-state index contributed by atoms with van der Waals surface area (Å²) in [5, 5.41) is 20.2. The molecular formula is C17H22N2O6. The number of ether oxygens (including phenoxy) is 1. The van der Waals surface area contributed by atoms with Gasteiger partial charge in [-0.3, -0.25) is 19.7 Å². The summed E-state index contributed by atoms with van der Waals surface area (Å²) in [7, 11) is 0. The van der Waals surface area contributed by atoms with E-state index in [1.807, 2.05) is 20.8 Å². The monoisotopic (exact) mass is 350 g/mol. The van der Waals surface area contributed by atoms with Crippen LogP contribution < -0.4 is 0 Å². The van der Waals surface area contributed by atoms with Gasteiger partial charge in [-0.25, -0.2) is 0 Å². The van der Waals surface area contributed by atoms with Crippen LogP contribution in [0.5, 0.6) is 0 Å². The second kappa shape index (κ2) is 7.18. The van der Waals surface area contributed by atoms with Gasteiger partial charge in [0.25, 0.3) is 11.6 Å². The Kier molecular flexibility index (Phi) is 5.42. The van der Waals surface area contributed by atoms with Crippen LogP contribution in [0.25, 0.3) is 0 Å². The third kappa shape index (κ3) is 4.54. The van der Waals surface area contributed by atoms with Crippen LogP contribution in [0.4, 0.5) is 5.69 Å². The number of morpholine rings is 1. The summed E-state index contributed by atoms with van der Waals surface area (Å²) in [6.45, 7) is 6.33. The van der Waals surface area contributed by atoms with Gasteiger partial charge >= 0.3 is 5.97 Å². The van der Waals surface area contributed by atoms with Crippen molar-refractivity contribution in [3.63, 3.8) is 0 Å². The van der Waals surface area contributed by atoms with Crippen molar-refractivity contribution in [3.05, 3.63) is 39.4 Å². The highest BCUT2D eigenvalue weighted by molar-refractivity contribution is 5.95. The van der Waals surface area contributed by atoms with Gasteiger partial charge in [0.15, 0.2) is 0 Å².